The van der Waals surface area contributed by atoms with Crippen molar-refractivity contribution in [3.8, 4) is 0 Å². The van der Waals surface area contributed by atoms with Crippen LogP contribution < -0.4 is 5.32 Å². The normalized spacial score (nSPS) is 37.2. The van der Waals surface area contributed by atoms with Crippen LogP contribution in [0.3, 0.4) is 0 Å². The van der Waals surface area contributed by atoms with Crippen LogP contribution in [-0.4, -0.2) is 50.3 Å². The Hall–Kier alpha value is -0.120. The van der Waals surface area contributed by atoms with Crippen LogP contribution in [0.5, 0.6) is 0 Å². The van der Waals surface area contributed by atoms with Gasteiger partial charge in [-0.1, -0.05) is 19.3 Å². The third-order valence-electron chi connectivity index (χ3n) is 6.08. The molecule has 20 heavy (non-hydrogen) atoms. The summed E-state index contributed by atoms with van der Waals surface area (Å²) in [7, 11) is 2.25. The van der Waals surface area contributed by atoms with Gasteiger partial charge in [-0.3, -0.25) is 0 Å². The Bertz CT molecular complexity index is 314. The van der Waals surface area contributed by atoms with Crippen molar-refractivity contribution in [1.82, 2.24) is 10.2 Å². The zero-order valence-electron chi connectivity index (χ0n) is 13.4. The third kappa shape index (κ3) is 2.77. The van der Waals surface area contributed by atoms with Gasteiger partial charge in [0.05, 0.1) is 6.10 Å². The summed E-state index contributed by atoms with van der Waals surface area (Å²) >= 11 is 0. The molecular weight excluding hydrogens is 248 g/mol. The summed E-state index contributed by atoms with van der Waals surface area (Å²) in [5, 5.41) is 3.92. The average Bonchev–Trinajstić information content (AvgIpc) is 2.88. The summed E-state index contributed by atoms with van der Waals surface area (Å²) in [4.78, 5) is 2.46. The monoisotopic (exact) mass is 280 g/mol. The molecule has 1 aliphatic heterocycles. The van der Waals surface area contributed by atoms with Crippen molar-refractivity contribution in [1.29, 1.82) is 0 Å². The molecule has 2 saturated carbocycles. The molecule has 0 aromatic rings. The molecule has 3 atom stereocenters. The number of hydrogen-bond donors (Lipinski definition) is 1. The van der Waals surface area contributed by atoms with Crippen LogP contribution in [0.25, 0.3) is 0 Å². The van der Waals surface area contributed by atoms with Crippen molar-refractivity contribution < 1.29 is 4.74 Å². The number of nitrogens with zero attached hydrogens (tertiary/aromatic N) is 1. The van der Waals surface area contributed by atoms with E-state index >= 15 is 0 Å². The van der Waals surface area contributed by atoms with Gasteiger partial charge in [0.15, 0.2) is 0 Å². The number of nitrogens with one attached hydrogen (secondary N) is 1. The van der Waals surface area contributed by atoms with Crippen molar-refractivity contribution in [3.63, 3.8) is 0 Å². The first-order valence-electron chi connectivity index (χ1n) is 8.78. The van der Waals surface area contributed by atoms with Crippen LogP contribution in [0.2, 0.25) is 0 Å². The van der Waals surface area contributed by atoms with E-state index in [9.17, 15) is 0 Å². The van der Waals surface area contributed by atoms with Crippen LogP contribution in [-0.2, 0) is 4.74 Å². The molecule has 2 aliphatic carbocycles. The van der Waals surface area contributed by atoms with Crippen molar-refractivity contribution >= 4 is 0 Å². The number of likely N-dealkylation sites (tertiary alicyclic amines) is 1. The van der Waals surface area contributed by atoms with Gasteiger partial charge in [-0.05, 0) is 58.7 Å². The summed E-state index contributed by atoms with van der Waals surface area (Å²) in [6.07, 6.45) is 10.2. The average molecular weight is 280 g/mol. The highest BCUT2D eigenvalue weighted by atomic mass is 16.5. The lowest BCUT2D eigenvalue weighted by molar-refractivity contribution is -0.150. The van der Waals surface area contributed by atoms with Gasteiger partial charge in [-0.15, -0.1) is 0 Å². The second kappa shape index (κ2) is 6.33. The molecule has 1 spiro atoms. The van der Waals surface area contributed by atoms with Crippen LogP contribution in [0.1, 0.15) is 51.9 Å². The molecule has 0 aromatic carbocycles. The molecule has 116 valence electrons. The van der Waals surface area contributed by atoms with E-state index in [0.29, 0.717) is 11.5 Å². The predicted octanol–water partition coefficient (Wildman–Crippen LogP) is 2.66. The largest absolute Gasteiger partial charge is 0.378 e. The van der Waals surface area contributed by atoms with E-state index in [-0.39, 0.29) is 0 Å². The van der Waals surface area contributed by atoms with Gasteiger partial charge >= 0.3 is 0 Å². The maximum Gasteiger partial charge on any atom is 0.0661 e. The Morgan fingerprint density at radius 1 is 1.25 bits per heavy atom. The zero-order chi connectivity index (χ0) is 14.0. The molecule has 3 aliphatic rings. The minimum atomic E-state index is 0.485. The summed E-state index contributed by atoms with van der Waals surface area (Å²) < 4.78 is 6.04. The lowest BCUT2D eigenvalue weighted by Gasteiger charge is -2.58. The first-order chi connectivity index (χ1) is 9.74. The second-order valence-corrected chi connectivity index (χ2v) is 7.35. The predicted molar refractivity (Wildman–Crippen MR) is 82.9 cm³/mol. The Kier molecular flexibility index (Phi) is 4.68. The molecule has 1 N–H and O–H groups in total. The molecule has 3 heteroatoms. The van der Waals surface area contributed by atoms with Crippen LogP contribution >= 0.6 is 0 Å². The Morgan fingerprint density at radius 3 is 2.70 bits per heavy atom. The molecule has 3 fully saturated rings. The number of hydrogen-bond acceptors (Lipinski definition) is 3. The molecule has 0 bridgehead atoms. The molecule has 0 amide bonds. The molecule has 3 nitrogen and oxygen atoms in total. The van der Waals surface area contributed by atoms with E-state index < -0.39 is 0 Å². The van der Waals surface area contributed by atoms with E-state index in [1.54, 1.807) is 0 Å². The first-order valence-corrected chi connectivity index (χ1v) is 8.78. The van der Waals surface area contributed by atoms with Crippen molar-refractivity contribution in [2.24, 2.45) is 11.3 Å². The van der Waals surface area contributed by atoms with Crippen LogP contribution in [0.4, 0.5) is 0 Å². The maximum atomic E-state index is 6.04. The summed E-state index contributed by atoms with van der Waals surface area (Å²) in [5.74, 6) is 0.867. The van der Waals surface area contributed by atoms with E-state index in [1.807, 2.05) is 0 Å². The Balaban J connectivity index is 1.53. The molecule has 0 radical (unpaired) electrons. The SMILES string of the molecule is CCOC1CC(NCC2CCN(C)C2)C12CCCCC2. The summed E-state index contributed by atoms with van der Waals surface area (Å²) in [5.41, 5.74) is 0.485. The second-order valence-electron chi connectivity index (χ2n) is 7.35. The lowest BCUT2D eigenvalue weighted by Crippen LogP contribution is -2.65. The Labute approximate surface area is 124 Å². The molecular formula is C17H32N2O. The van der Waals surface area contributed by atoms with Crippen molar-refractivity contribution in [2.75, 3.05) is 33.3 Å². The summed E-state index contributed by atoms with van der Waals surface area (Å²) in [6, 6.07) is 0.727. The first kappa shape index (κ1) is 14.8. The fraction of sp³-hybridized carbons (Fsp3) is 1.00. The third-order valence-corrected chi connectivity index (χ3v) is 6.08. The highest BCUT2D eigenvalue weighted by Gasteiger charge is 2.55. The lowest BCUT2D eigenvalue weighted by atomic mass is 9.55. The molecule has 1 heterocycles. The van der Waals surface area contributed by atoms with E-state index in [4.69, 9.17) is 4.74 Å². The van der Waals surface area contributed by atoms with Gasteiger partial charge in [0.2, 0.25) is 0 Å². The molecule has 3 rings (SSSR count). The van der Waals surface area contributed by atoms with Crippen molar-refractivity contribution in [2.45, 2.75) is 64.0 Å². The van der Waals surface area contributed by atoms with Gasteiger partial charge in [0.1, 0.15) is 0 Å². The fourth-order valence-electron chi connectivity index (χ4n) is 4.85. The van der Waals surface area contributed by atoms with Gasteiger partial charge in [-0.2, -0.15) is 0 Å². The fourth-order valence-corrected chi connectivity index (χ4v) is 4.85. The highest BCUT2D eigenvalue weighted by Crippen LogP contribution is 2.53. The quantitative estimate of drug-likeness (QED) is 0.838. The van der Waals surface area contributed by atoms with Gasteiger partial charge in [0.25, 0.3) is 0 Å². The molecule has 1 saturated heterocycles. The minimum Gasteiger partial charge on any atom is -0.378 e. The van der Waals surface area contributed by atoms with Gasteiger partial charge in [0, 0.05) is 24.6 Å². The smallest absolute Gasteiger partial charge is 0.0661 e. The van der Waals surface area contributed by atoms with Crippen LogP contribution in [0, 0.1) is 11.3 Å². The van der Waals surface area contributed by atoms with E-state index in [2.05, 4.69) is 24.2 Å². The molecule has 3 unspecified atom stereocenters. The van der Waals surface area contributed by atoms with E-state index in [0.717, 1.165) is 18.6 Å². The standard InChI is InChI=1S/C17H32N2O/c1-3-20-16-11-15(17(16)8-5-4-6-9-17)18-12-14-7-10-19(2)13-14/h14-16,18H,3-13H2,1-2H3. The van der Waals surface area contributed by atoms with E-state index in [1.165, 1.54) is 64.6 Å². The number of ether oxygens (including phenoxy) is 1. The maximum absolute atomic E-state index is 6.04. The topological polar surface area (TPSA) is 24.5 Å². The van der Waals surface area contributed by atoms with Gasteiger partial charge < -0.3 is 15.0 Å². The van der Waals surface area contributed by atoms with Crippen molar-refractivity contribution in [3.05, 3.63) is 0 Å². The highest BCUT2D eigenvalue weighted by molar-refractivity contribution is 5.09. The molecule has 0 aromatic heterocycles. The van der Waals surface area contributed by atoms with Gasteiger partial charge in [-0.25, -0.2) is 0 Å². The van der Waals surface area contributed by atoms with Crippen LogP contribution in [0.15, 0.2) is 0 Å². The zero-order valence-corrected chi connectivity index (χ0v) is 13.4. The minimum absolute atomic E-state index is 0.485. The number of rotatable bonds is 5. The summed E-state index contributed by atoms with van der Waals surface area (Å²) in [6.45, 7) is 6.80. The Morgan fingerprint density at radius 2 is 2.05 bits per heavy atom.